The van der Waals surface area contributed by atoms with Crippen molar-refractivity contribution in [3.63, 3.8) is 0 Å². The Labute approximate surface area is 98.8 Å². The molecule has 0 unspecified atom stereocenters. The Morgan fingerprint density at radius 3 is 2.73 bits per heavy atom. The van der Waals surface area contributed by atoms with Crippen LogP contribution in [0.3, 0.4) is 0 Å². The second-order valence-corrected chi connectivity index (χ2v) is 4.55. The molecule has 0 radical (unpaired) electrons. The lowest BCUT2D eigenvalue weighted by Crippen LogP contribution is -2.14. The molecule has 1 rings (SSSR count). The van der Waals surface area contributed by atoms with Crippen LogP contribution in [0.15, 0.2) is 22.7 Å². The van der Waals surface area contributed by atoms with Gasteiger partial charge in [-0.2, -0.15) is 0 Å². The summed E-state index contributed by atoms with van der Waals surface area (Å²) in [6, 6.07) is 5.61. The molecule has 2 nitrogen and oxygen atoms in total. The Hall–Kier alpha value is -0.670. The van der Waals surface area contributed by atoms with Gasteiger partial charge >= 0.3 is 0 Å². The maximum Gasteiger partial charge on any atom is 0.188 e. The molecule has 0 saturated carbocycles. The molecule has 0 fully saturated rings. The second kappa shape index (κ2) is 5.42. The van der Waals surface area contributed by atoms with E-state index in [1.54, 1.807) is 0 Å². The van der Waals surface area contributed by atoms with Crippen LogP contribution >= 0.6 is 15.9 Å². The monoisotopic (exact) mass is 270 g/mol. The molecular formula is C12H15BrO2. The van der Waals surface area contributed by atoms with E-state index in [1.165, 1.54) is 0 Å². The number of rotatable bonds is 4. The van der Waals surface area contributed by atoms with E-state index in [9.17, 15) is 4.79 Å². The fraction of sp³-hybridized carbons (Fsp3) is 0.417. The van der Waals surface area contributed by atoms with Gasteiger partial charge in [0.25, 0.3) is 0 Å². The van der Waals surface area contributed by atoms with E-state index in [4.69, 9.17) is 4.74 Å². The zero-order valence-electron chi connectivity index (χ0n) is 9.21. The van der Waals surface area contributed by atoms with Gasteiger partial charge in [-0.25, -0.2) is 0 Å². The summed E-state index contributed by atoms with van der Waals surface area (Å²) in [4.78, 5) is 11.8. The van der Waals surface area contributed by atoms with Crippen molar-refractivity contribution in [3.05, 3.63) is 33.8 Å². The summed E-state index contributed by atoms with van der Waals surface area (Å²) in [5.74, 6) is 0.0301. The van der Waals surface area contributed by atoms with Gasteiger partial charge in [-0.15, -0.1) is 0 Å². The van der Waals surface area contributed by atoms with Crippen molar-refractivity contribution in [1.82, 2.24) is 0 Å². The Balaban J connectivity index is 2.78. The lowest BCUT2D eigenvalue weighted by Gasteiger charge is -2.09. The third-order valence-electron chi connectivity index (χ3n) is 2.12. The third-order valence-corrected chi connectivity index (χ3v) is 2.97. The molecule has 15 heavy (non-hydrogen) atoms. The highest BCUT2D eigenvalue weighted by Gasteiger charge is 2.11. The van der Waals surface area contributed by atoms with Crippen LogP contribution in [-0.2, 0) is 4.74 Å². The second-order valence-electron chi connectivity index (χ2n) is 3.70. The van der Waals surface area contributed by atoms with Crippen LogP contribution < -0.4 is 0 Å². The van der Waals surface area contributed by atoms with E-state index in [0.29, 0.717) is 0 Å². The topological polar surface area (TPSA) is 26.3 Å². The lowest BCUT2D eigenvalue weighted by atomic mass is 10.1. The third kappa shape index (κ3) is 3.43. The summed E-state index contributed by atoms with van der Waals surface area (Å²) in [5.41, 5.74) is 1.69. The van der Waals surface area contributed by atoms with Gasteiger partial charge in [0, 0.05) is 10.0 Å². The van der Waals surface area contributed by atoms with E-state index >= 15 is 0 Å². The van der Waals surface area contributed by atoms with Crippen molar-refractivity contribution >= 4 is 21.7 Å². The molecule has 0 bridgehead atoms. The molecule has 0 spiro atoms. The summed E-state index contributed by atoms with van der Waals surface area (Å²) in [5, 5.41) is 0. The average molecular weight is 271 g/mol. The minimum Gasteiger partial charge on any atom is -0.371 e. The Morgan fingerprint density at radius 1 is 1.47 bits per heavy atom. The molecule has 0 aliphatic rings. The molecule has 0 amide bonds. The van der Waals surface area contributed by atoms with Gasteiger partial charge < -0.3 is 4.74 Å². The van der Waals surface area contributed by atoms with Gasteiger partial charge in [0.1, 0.15) is 6.61 Å². The highest BCUT2D eigenvalue weighted by atomic mass is 79.9. The van der Waals surface area contributed by atoms with Crippen LogP contribution in [0.2, 0.25) is 0 Å². The zero-order valence-corrected chi connectivity index (χ0v) is 10.8. The van der Waals surface area contributed by atoms with E-state index in [1.807, 2.05) is 39.0 Å². The largest absolute Gasteiger partial charge is 0.371 e. The first-order chi connectivity index (χ1) is 7.02. The summed E-state index contributed by atoms with van der Waals surface area (Å²) in [6.07, 6.45) is 0.0846. The first-order valence-electron chi connectivity index (χ1n) is 4.92. The van der Waals surface area contributed by atoms with Gasteiger partial charge in [0.15, 0.2) is 5.78 Å². The summed E-state index contributed by atoms with van der Waals surface area (Å²) in [7, 11) is 0. The number of halogens is 1. The summed E-state index contributed by atoms with van der Waals surface area (Å²) >= 11 is 3.40. The van der Waals surface area contributed by atoms with Gasteiger partial charge in [0.05, 0.1) is 6.10 Å². The maximum absolute atomic E-state index is 11.8. The molecule has 1 aromatic carbocycles. The molecule has 0 atom stereocenters. The first-order valence-corrected chi connectivity index (χ1v) is 5.71. The number of ether oxygens (including phenoxy) is 1. The van der Waals surface area contributed by atoms with Gasteiger partial charge in [0.2, 0.25) is 0 Å². The molecule has 1 aromatic rings. The number of carbonyl (C=O) groups excluding carboxylic acids is 1. The van der Waals surface area contributed by atoms with E-state index in [-0.39, 0.29) is 18.5 Å². The van der Waals surface area contributed by atoms with Crippen LogP contribution in [0.1, 0.15) is 29.8 Å². The van der Waals surface area contributed by atoms with Crippen LogP contribution in [0.5, 0.6) is 0 Å². The van der Waals surface area contributed by atoms with E-state index in [2.05, 4.69) is 15.9 Å². The first kappa shape index (κ1) is 12.4. The fourth-order valence-electron chi connectivity index (χ4n) is 1.23. The van der Waals surface area contributed by atoms with Crippen LogP contribution in [-0.4, -0.2) is 18.5 Å². The van der Waals surface area contributed by atoms with Crippen molar-refractivity contribution in [1.29, 1.82) is 0 Å². The summed E-state index contributed by atoms with van der Waals surface area (Å²) < 4.78 is 6.24. The minimum absolute atomic E-state index is 0.0301. The fourth-order valence-corrected chi connectivity index (χ4v) is 1.60. The van der Waals surface area contributed by atoms with Crippen LogP contribution in [0, 0.1) is 6.92 Å². The number of Topliss-reactive ketones (excluding diaryl/α,β-unsaturated/α-hetero) is 1. The molecule has 0 heterocycles. The van der Waals surface area contributed by atoms with E-state index < -0.39 is 0 Å². The normalized spacial score (nSPS) is 10.7. The quantitative estimate of drug-likeness (QED) is 0.785. The van der Waals surface area contributed by atoms with Crippen molar-refractivity contribution in [2.45, 2.75) is 26.9 Å². The van der Waals surface area contributed by atoms with E-state index in [0.717, 1.165) is 15.6 Å². The molecule has 0 N–H and O–H groups in total. The predicted octanol–water partition coefficient (Wildman–Crippen LogP) is 3.37. The molecule has 0 aliphatic heterocycles. The number of benzene rings is 1. The van der Waals surface area contributed by atoms with Crippen LogP contribution in [0.4, 0.5) is 0 Å². The maximum atomic E-state index is 11.8. The summed E-state index contributed by atoms with van der Waals surface area (Å²) in [6.45, 7) is 5.91. The minimum atomic E-state index is 0.0301. The predicted molar refractivity (Wildman–Crippen MR) is 64.3 cm³/mol. The standard InChI is InChI=1S/C12H15BrO2/c1-8(2)15-7-12(14)10-5-4-6-11(13)9(10)3/h4-6,8H,7H2,1-3H3. The van der Waals surface area contributed by atoms with Gasteiger partial charge in [-0.1, -0.05) is 28.1 Å². The van der Waals surface area contributed by atoms with Crippen molar-refractivity contribution in [2.75, 3.05) is 6.61 Å². The number of hydrogen-bond donors (Lipinski definition) is 0. The molecular weight excluding hydrogens is 256 g/mol. The Kier molecular flexibility index (Phi) is 4.48. The molecule has 82 valence electrons. The molecule has 3 heteroatoms. The van der Waals surface area contributed by atoms with Crippen LogP contribution in [0.25, 0.3) is 0 Å². The number of carbonyl (C=O) groups is 1. The molecule has 0 aromatic heterocycles. The van der Waals surface area contributed by atoms with Crippen molar-refractivity contribution in [3.8, 4) is 0 Å². The Bertz CT molecular complexity index is 359. The number of hydrogen-bond acceptors (Lipinski definition) is 2. The molecule has 0 saturated heterocycles. The highest BCUT2D eigenvalue weighted by molar-refractivity contribution is 9.10. The lowest BCUT2D eigenvalue weighted by molar-refractivity contribution is 0.0584. The highest BCUT2D eigenvalue weighted by Crippen LogP contribution is 2.19. The van der Waals surface area contributed by atoms with Crippen molar-refractivity contribution < 1.29 is 9.53 Å². The average Bonchev–Trinajstić information content (AvgIpc) is 2.18. The Morgan fingerprint density at radius 2 is 2.13 bits per heavy atom. The van der Waals surface area contributed by atoms with Gasteiger partial charge in [-0.05, 0) is 32.4 Å². The van der Waals surface area contributed by atoms with Gasteiger partial charge in [-0.3, -0.25) is 4.79 Å². The number of ketones is 1. The molecule has 0 aliphatic carbocycles. The van der Waals surface area contributed by atoms with Crippen molar-refractivity contribution in [2.24, 2.45) is 0 Å². The smallest absolute Gasteiger partial charge is 0.188 e. The SMILES string of the molecule is Cc1c(Br)cccc1C(=O)COC(C)C. The zero-order chi connectivity index (χ0) is 11.4.